The van der Waals surface area contributed by atoms with E-state index < -0.39 is 42.4 Å². The van der Waals surface area contributed by atoms with Gasteiger partial charge in [0.1, 0.15) is 24.4 Å². The second kappa shape index (κ2) is 12.3. The maximum atomic E-state index is 12.0. The average Bonchev–Trinajstić information content (AvgIpc) is 2.52. The summed E-state index contributed by atoms with van der Waals surface area (Å²) in [6, 6.07) is -2.18. The summed E-state index contributed by atoms with van der Waals surface area (Å²) >= 11 is 1.26. The minimum Gasteiger partial charge on any atom is -0.480 e. The number of Topliss-reactive ketones (excluding diaryl/α,β-unsaturated/α-hetero) is 1. The lowest BCUT2D eigenvalue weighted by Gasteiger charge is -2.18. The predicted molar refractivity (Wildman–Crippen MR) is 90.0 cm³/mol. The molecule has 2 atom stereocenters. The quantitative estimate of drug-likeness (QED) is 0.241. The molecule has 142 valence electrons. The lowest BCUT2D eigenvalue weighted by atomic mass is 10.1. The van der Waals surface area contributed by atoms with Crippen LogP contribution in [-0.4, -0.2) is 69.9 Å². The Morgan fingerprint density at radius 3 is 2.28 bits per heavy atom. The average molecular weight is 377 g/mol. The fourth-order valence-corrected chi connectivity index (χ4v) is 2.63. The van der Waals surface area contributed by atoms with Crippen LogP contribution in [0.15, 0.2) is 0 Å². The molecule has 11 heteroatoms. The number of carboxylic acids is 2. The first kappa shape index (κ1) is 22.9. The first-order chi connectivity index (χ1) is 11.6. The molecule has 0 aliphatic rings. The number of ketones is 1. The number of nitrogens with one attached hydrogen (secondary N) is 2. The number of hydrogen-bond acceptors (Lipinski definition) is 7. The summed E-state index contributed by atoms with van der Waals surface area (Å²) in [6.07, 6.45) is 0.0337. The van der Waals surface area contributed by atoms with Gasteiger partial charge in [0.05, 0.1) is 0 Å². The zero-order valence-corrected chi connectivity index (χ0v) is 14.6. The number of carbonyl (C=O) groups excluding carboxylic acids is 3. The van der Waals surface area contributed by atoms with E-state index in [4.69, 9.17) is 15.9 Å². The van der Waals surface area contributed by atoms with Gasteiger partial charge in [-0.05, 0) is 13.3 Å². The van der Waals surface area contributed by atoms with Gasteiger partial charge in [0.25, 0.3) is 0 Å². The highest BCUT2D eigenvalue weighted by Crippen LogP contribution is 2.07. The van der Waals surface area contributed by atoms with Crippen molar-refractivity contribution >= 4 is 41.3 Å². The van der Waals surface area contributed by atoms with Gasteiger partial charge in [0.2, 0.25) is 11.8 Å². The molecule has 0 aromatic rings. The first-order valence-electron chi connectivity index (χ1n) is 7.48. The van der Waals surface area contributed by atoms with Crippen LogP contribution in [0.5, 0.6) is 0 Å². The second-order valence-electron chi connectivity index (χ2n) is 5.24. The minimum absolute atomic E-state index is 0.00827. The lowest BCUT2D eigenvalue weighted by Crippen LogP contribution is -2.49. The summed E-state index contributed by atoms with van der Waals surface area (Å²) in [6.45, 7) is 0.846. The molecule has 0 aliphatic heterocycles. The number of aliphatic carboxylic acids is 2. The van der Waals surface area contributed by atoms with Crippen LogP contribution in [0.25, 0.3) is 0 Å². The number of rotatable bonds is 13. The monoisotopic (exact) mass is 377 g/mol. The third kappa shape index (κ3) is 12.0. The molecule has 10 nitrogen and oxygen atoms in total. The topological polar surface area (TPSA) is 176 Å². The molecule has 2 amide bonds. The van der Waals surface area contributed by atoms with Gasteiger partial charge in [0.15, 0.2) is 0 Å². The molecule has 6 N–H and O–H groups in total. The van der Waals surface area contributed by atoms with Gasteiger partial charge >= 0.3 is 11.9 Å². The first-order valence-corrected chi connectivity index (χ1v) is 8.63. The van der Waals surface area contributed by atoms with Gasteiger partial charge in [0, 0.05) is 24.3 Å². The Balaban J connectivity index is 4.55. The number of hydrogen-bond donors (Lipinski definition) is 5. The molecule has 0 heterocycles. The lowest BCUT2D eigenvalue weighted by molar-refractivity contribution is -0.139. The molecule has 0 aromatic heterocycles. The molecule has 0 aromatic carbocycles. The summed E-state index contributed by atoms with van der Waals surface area (Å²) in [5, 5.41) is 21.8. The van der Waals surface area contributed by atoms with Gasteiger partial charge in [-0.2, -0.15) is 11.8 Å². The SMILES string of the molecule is CC(=O)CCSC[C@H](NC(=O)CC[C@H](N)C(=O)O)C(=O)NCC(=O)O. The molecule has 0 unspecified atom stereocenters. The highest BCUT2D eigenvalue weighted by molar-refractivity contribution is 7.99. The van der Waals surface area contributed by atoms with Gasteiger partial charge < -0.3 is 26.6 Å². The van der Waals surface area contributed by atoms with E-state index in [1.807, 2.05) is 0 Å². The number of carbonyl (C=O) groups is 5. The van der Waals surface area contributed by atoms with Crippen LogP contribution in [0.2, 0.25) is 0 Å². The van der Waals surface area contributed by atoms with Crippen LogP contribution < -0.4 is 16.4 Å². The maximum absolute atomic E-state index is 12.0. The molecular formula is C14H23N3O7S. The zero-order chi connectivity index (χ0) is 19.4. The van der Waals surface area contributed by atoms with Gasteiger partial charge in [-0.3, -0.25) is 24.0 Å². The highest BCUT2D eigenvalue weighted by Gasteiger charge is 2.22. The molecule has 0 radical (unpaired) electrons. The van der Waals surface area contributed by atoms with Crippen molar-refractivity contribution in [3.8, 4) is 0 Å². The minimum atomic E-state index is -1.23. The Kier molecular flexibility index (Phi) is 11.2. The van der Waals surface area contributed by atoms with E-state index in [-0.39, 0.29) is 24.4 Å². The summed E-state index contributed by atoms with van der Waals surface area (Å²) in [4.78, 5) is 55.8. The molecule has 0 fully saturated rings. The number of nitrogens with two attached hydrogens (primary N) is 1. The molecule has 0 rings (SSSR count). The summed E-state index contributed by atoms with van der Waals surface area (Å²) < 4.78 is 0. The predicted octanol–water partition coefficient (Wildman–Crippen LogP) is -1.42. The number of carboxylic acid groups (broad SMARTS) is 2. The van der Waals surface area contributed by atoms with Crippen molar-refractivity contribution in [1.29, 1.82) is 0 Å². The van der Waals surface area contributed by atoms with E-state index in [0.29, 0.717) is 12.2 Å². The van der Waals surface area contributed by atoms with E-state index >= 15 is 0 Å². The smallest absolute Gasteiger partial charge is 0.322 e. The van der Waals surface area contributed by atoms with E-state index in [9.17, 15) is 24.0 Å². The third-order valence-electron chi connectivity index (χ3n) is 2.95. The summed E-state index contributed by atoms with van der Waals surface area (Å²) in [7, 11) is 0. The maximum Gasteiger partial charge on any atom is 0.322 e. The van der Waals surface area contributed by atoms with Crippen molar-refractivity contribution in [2.24, 2.45) is 5.73 Å². The highest BCUT2D eigenvalue weighted by atomic mass is 32.2. The third-order valence-corrected chi connectivity index (χ3v) is 4.01. The Morgan fingerprint density at radius 1 is 1.12 bits per heavy atom. The van der Waals surface area contributed by atoms with E-state index in [2.05, 4.69) is 10.6 Å². The Labute approximate surface area is 148 Å². The van der Waals surface area contributed by atoms with E-state index in [0.717, 1.165) is 0 Å². The van der Waals surface area contributed by atoms with Crippen LogP contribution >= 0.6 is 11.8 Å². The molecule has 0 spiro atoms. The molecule has 0 aliphatic carbocycles. The van der Waals surface area contributed by atoms with Crippen molar-refractivity contribution in [3.63, 3.8) is 0 Å². The van der Waals surface area contributed by atoms with Crippen molar-refractivity contribution in [3.05, 3.63) is 0 Å². The zero-order valence-electron chi connectivity index (χ0n) is 13.8. The summed E-state index contributed by atoms with van der Waals surface area (Å²) in [5.74, 6) is -3.11. The van der Waals surface area contributed by atoms with Crippen molar-refractivity contribution < 1.29 is 34.2 Å². The van der Waals surface area contributed by atoms with Gasteiger partial charge in [-0.1, -0.05) is 0 Å². The molecular weight excluding hydrogens is 354 g/mol. The van der Waals surface area contributed by atoms with Crippen LogP contribution in [0.3, 0.4) is 0 Å². The number of thioether (sulfide) groups is 1. The van der Waals surface area contributed by atoms with Crippen LogP contribution in [0.4, 0.5) is 0 Å². The second-order valence-corrected chi connectivity index (χ2v) is 6.39. The van der Waals surface area contributed by atoms with Gasteiger partial charge in [-0.15, -0.1) is 0 Å². The number of amides is 2. The fourth-order valence-electron chi connectivity index (χ4n) is 1.56. The van der Waals surface area contributed by atoms with Crippen molar-refractivity contribution in [2.45, 2.75) is 38.3 Å². The van der Waals surface area contributed by atoms with Crippen molar-refractivity contribution in [2.75, 3.05) is 18.1 Å². The van der Waals surface area contributed by atoms with E-state index in [1.165, 1.54) is 18.7 Å². The van der Waals surface area contributed by atoms with Crippen molar-refractivity contribution in [1.82, 2.24) is 10.6 Å². The molecule has 0 saturated carbocycles. The fraction of sp³-hybridized carbons (Fsp3) is 0.643. The van der Waals surface area contributed by atoms with Crippen LogP contribution in [0.1, 0.15) is 26.2 Å². The van der Waals surface area contributed by atoms with Gasteiger partial charge in [-0.25, -0.2) is 0 Å². The Hall–Kier alpha value is -2.14. The normalized spacial score (nSPS) is 12.7. The Bertz CT molecular complexity index is 513. The Morgan fingerprint density at radius 2 is 1.76 bits per heavy atom. The van der Waals surface area contributed by atoms with E-state index in [1.54, 1.807) is 0 Å². The summed E-state index contributed by atoms with van der Waals surface area (Å²) in [5.41, 5.74) is 5.30. The largest absolute Gasteiger partial charge is 0.480 e. The molecule has 0 bridgehead atoms. The van der Waals surface area contributed by atoms with Crippen LogP contribution in [0, 0.1) is 0 Å². The molecule has 25 heavy (non-hydrogen) atoms. The van der Waals surface area contributed by atoms with Crippen LogP contribution in [-0.2, 0) is 24.0 Å². The molecule has 0 saturated heterocycles. The standard InChI is InChI=1S/C14H23N3O7S/c1-8(18)4-5-25-7-10(13(22)16-6-12(20)21)17-11(19)3-2-9(15)14(23)24/h9-10H,2-7,15H2,1H3,(H,16,22)(H,17,19)(H,20,21)(H,23,24)/t9-,10-/m0/s1.